The van der Waals surface area contributed by atoms with Crippen molar-refractivity contribution < 1.29 is 5.11 Å². The largest absolute Gasteiger partial charge is 0.388 e. The van der Waals surface area contributed by atoms with Crippen molar-refractivity contribution in [2.24, 2.45) is 5.41 Å². The molecule has 0 spiro atoms. The minimum atomic E-state index is -0.533. The van der Waals surface area contributed by atoms with Crippen LogP contribution in [0.15, 0.2) is 11.6 Å². The topological polar surface area (TPSA) is 23.5 Å². The second-order valence-electron chi connectivity index (χ2n) is 6.63. The zero-order valence-electron chi connectivity index (χ0n) is 11.1. The summed E-state index contributed by atoms with van der Waals surface area (Å²) < 4.78 is 0. The standard InChI is InChI=1S/C14H25NO/c1-13(2,3)11-6-9-15-8-5-7-14(4,16)12(15)10-11/h10,12,16H,5-9H2,1-4H3/t12-,14-/m0/s1. The summed E-state index contributed by atoms with van der Waals surface area (Å²) in [6, 6.07) is 0.240. The van der Waals surface area contributed by atoms with Crippen molar-refractivity contribution in [3.8, 4) is 0 Å². The predicted molar refractivity (Wildman–Crippen MR) is 67.4 cm³/mol. The van der Waals surface area contributed by atoms with E-state index in [0.717, 1.165) is 32.4 Å². The van der Waals surface area contributed by atoms with Gasteiger partial charge < -0.3 is 5.11 Å². The third-order valence-corrected chi connectivity index (χ3v) is 4.15. The molecular formula is C14H25NO. The first kappa shape index (κ1) is 12.1. The molecule has 1 saturated heterocycles. The molecule has 2 aliphatic rings. The minimum absolute atomic E-state index is 0.240. The Bertz CT molecular complexity index is 298. The van der Waals surface area contributed by atoms with Gasteiger partial charge in [0.15, 0.2) is 0 Å². The van der Waals surface area contributed by atoms with Crippen LogP contribution in [0, 0.1) is 5.41 Å². The van der Waals surface area contributed by atoms with Gasteiger partial charge in [0.1, 0.15) is 0 Å². The molecule has 0 amide bonds. The van der Waals surface area contributed by atoms with E-state index < -0.39 is 5.60 Å². The van der Waals surface area contributed by atoms with Crippen LogP contribution in [0.3, 0.4) is 0 Å². The van der Waals surface area contributed by atoms with Crippen LogP contribution in [0.4, 0.5) is 0 Å². The SMILES string of the molecule is CC(C)(C)C1=C[C@@H]2N(CCC[C@]2(C)O)CC1. The molecule has 2 aliphatic heterocycles. The van der Waals surface area contributed by atoms with E-state index in [-0.39, 0.29) is 11.5 Å². The van der Waals surface area contributed by atoms with Crippen LogP contribution in [0.2, 0.25) is 0 Å². The molecule has 2 atom stereocenters. The molecule has 2 heteroatoms. The molecular weight excluding hydrogens is 198 g/mol. The van der Waals surface area contributed by atoms with Crippen molar-refractivity contribution in [1.29, 1.82) is 0 Å². The van der Waals surface area contributed by atoms with Crippen molar-refractivity contribution >= 4 is 0 Å². The maximum Gasteiger partial charge on any atom is 0.0810 e. The fraction of sp³-hybridized carbons (Fsp3) is 0.857. The Hall–Kier alpha value is -0.340. The molecule has 0 saturated carbocycles. The minimum Gasteiger partial charge on any atom is -0.388 e. The molecule has 92 valence electrons. The molecule has 0 radical (unpaired) electrons. The third kappa shape index (κ3) is 2.18. The second kappa shape index (κ2) is 3.85. The molecule has 0 aromatic rings. The lowest BCUT2D eigenvalue weighted by Crippen LogP contribution is -2.56. The van der Waals surface area contributed by atoms with Gasteiger partial charge in [0.2, 0.25) is 0 Å². The quantitative estimate of drug-likeness (QED) is 0.638. The summed E-state index contributed by atoms with van der Waals surface area (Å²) in [4.78, 5) is 2.44. The molecule has 1 N–H and O–H groups in total. The summed E-state index contributed by atoms with van der Waals surface area (Å²) >= 11 is 0. The average Bonchev–Trinajstić information content (AvgIpc) is 2.15. The Labute approximate surface area is 99.3 Å². The molecule has 2 heterocycles. The molecule has 0 bridgehead atoms. The number of hydrogen-bond acceptors (Lipinski definition) is 2. The Morgan fingerprint density at radius 3 is 2.69 bits per heavy atom. The Morgan fingerprint density at radius 2 is 2.06 bits per heavy atom. The zero-order chi connectivity index (χ0) is 12.0. The van der Waals surface area contributed by atoms with Gasteiger partial charge in [-0.2, -0.15) is 0 Å². The number of fused-ring (bicyclic) bond motifs is 1. The Balaban J connectivity index is 2.27. The first-order chi connectivity index (χ1) is 7.31. The number of rotatable bonds is 0. The van der Waals surface area contributed by atoms with Gasteiger partial charge >= 0.3 is 0 Å². The monoisotopic (exact) mass is 223 g/mol. The van der Waals surface area contributed by atoms with Gasteiger partial charge in [-0.3, -0.25) is 4.90 Å². The summed E-state index contributed by atoms with van der Waals surface area (Å²) in [6.07, 6.45) is 5.56. The van der Waals surface area contributed by atoms with Crippen LogP contribution in [0.5, 0.6) is 0 Å². The number of nitrogens with zero attached hydrogens (tertiary/aromatic N) is 1. The van der Waals surface area contributed by atoms with E-state index >= 15 is 0 Å². The van der Waals surface area contributed by atoms with E-state index in [2.05, 4.69) is 31.7 Å². The van der Waals surface area contributed by atoms with E-state index in [4.69, 9.17) is 0 Å². The lowest BCUT2D eigenvalue weighted by Gasteiger charge is -2.47. The molecule has 0 aliphatic carbocycles. The first-order valence-corrected chi connectivity index (χ1v) is 6.48. The predicted octanol–water partition coefficient (Wildman–Crippen LogP) is 2.58. The molecule has 0 aromatic carbocycles. The van der Waals surface area contributed by atoms with E-state index in [1.807, 2.05) is 6.92 Å². The van der Waals surface area contributed by atoms with Crippen molar-refractivity contribution in [1.82, 2.24) is 4.90 Å². The van der Waals surface area contributed by atoms with Crippen LogP contribution < -0.4 is 0 Å². The van der Waals surface area contributed by atoms with E-state index in [1.54, 1.807) is 0 Å². The summed E-state index contributed by atoms with van der Waals surface area (Å²) in [5.74, 6) is 0. The Kier molecular flexibility index (Phi) is 2.92. The molecule has 1 fully saturated rings. The third-order valence-electron chi connectivity index (χ3n) is 4.15. The van der Waals surface area contributed by atoms with E-state index in [0.29, 0.717) is 0 Å². The molecule has 2 nitrogen and oxygen atoms in total. The summed E-state index contributed by atoms with van der Waals surface area (Å²) in [6.45, 7) is 11.1. The summed E-state index contributed by atoms with van der Waals surface area (Å²) in [5.41, 5.74) is 1.23. The van der Waals surface area contributed by atoms with Gasteiger partial charge in [-0.25, -0.2) is 0 Å². The van der Waals surface area contributed by atoms with Crippen molar-refractivity contribution in [2.45, 2.75) is 58.6 Å². The lowest BCUT2D eigenvalue weighted by atomic mass is 9.76. The van der Waals surface area contributed by atoms with Crippen molar-refractivity contribution in [2.75, 3.05) is 13.1 Å². The van der Waals surface area contributed by atoms with Crippen LogP contribution in [-0.2, 0) is 0 Å². The fourth-order valence-corrected chi connectivity index (χ4v) is 3.02. The normalized spacial score (nSPS) is 36.8. The van der Waals surface area contributed by atoms with Crippen LogP contribution in [-0.4, -0.2) is 34.7 Å². The number of piperidine rings is 1. The van der Waals surface area contributed by atoms with Gasteiger partial charge in [-0.1, -0.05) is 32.4 Å². The summed E-state index contributed by atoms with van der Waals surface area (Å²) in [7, 11) is 0. The summed E-state index contributed by atoms with van der Waals surface area (Å²) in [5, 5.41) is 10.5. The number of aliphatic hydroxyl groups is 1. The molecule has 2 rings (SSSR count). The van der Waals surface area contributed by atoms with Gasteiger partial charge in [-0.15, -0.1) is 0 Å². The highest BCUT2D eigenvalue weighted by Gasteiger charge is 2.40. The highest BCUT2D eigenvalue weighted by Crippen LogP contribution is 2.37. The fourth-order valence-electron chi connectivity index (χ4n) is 3.02. The van der Waals surface area contributed by atoms with Gasteiger partial charge in [0.05, 0.1) is 11.6 Å². The van der Waals surface area contributed by atoms with E-state index in [1.165, 1.54) is 5.57 Å². The smallest absolute Gasteiger partial charge is 0.0810 e. The molecule has 16 heavy (non-hydrogen) atoms. The molecule has 0 aromatic heterocycles. The highest BCUT2D eigenvalue weighted by atomic mass is 16.3. The highest BCUT2D eigenvalue weighted by molar-refractivity contribution is 5.21. The number of hydrogen-bond donors (Lipinski definition) is 1. The van der Waals surface area contributed by atoms with Crippen LogP contribution in [0.25, 0.3) is 0 Å². The second-order valence-corrected chi connectivity index (χ2v) is 6.63. The maximum atomic E-state index is 10.5. The van der Waals surface area contributed by atoms with Gasteiger partial charge in [0.25, 0.3) is 0 Å². The maximum absolute atomic E-state index is 10.5. The average molecular weight is 223 g/mol. The van der Waals surface area contributed by atoms with Crippen LogP contribution >= 0.6 is 0 Å². The van der Waals surface area contributed by atoms with Crippen molar-refractivity contribution in [3.05, 3.63) is 11.6 Å². The molecule has 0 unspecified atom stereocenters. The Morgan fingerprint density at radius 1 is 1.38 bits per heavy atom. The van der Waals surface area contributed by atoms with Gasteiger partial charge in [-0.05, 0) is 38.1 Å². The lowest BCUT2D eigenvalue weighted by molar-refractivity contribution is -0.0522. The van der Waals surface area contributed by atoms with Gasteiger partial charge in [0, 0.05) is 6.54 Å². The zero-order valence-corrected chi connectivity index (χ0v) is 11.1. The first-order valence-electron chi connectivity index (χ1n) is 6.48. The van der Waals surface area contributed by atoms with Crippen molar-refractivity contribution in [3.63, 3.8) is 0 Å². The van der Waals surface area contributed by atoms with E-state index in [9.17, 15) is 5.11 Å². The van der Waals surface area contributed by atoms with Crippen LogP contribution in [0.1, 0.15) is 47.0 Å².